The fraction of sp³-hybridized carbons (Fsp3) is 0.500. The highest BCUT2D eigenvalue weighted by atomic mass is 32.2. The summed E-state index contributed by atoms with van der Waals surface area (Å²) in [5, 5.41) is 13.0. The second-order valence-electron chi connectivity index (χ2n) is 5.14. The van der Waals surface area contributed by atoms with E-state index in [0.717, 1.165) is 11.3 Å². The molecule has 2 aliphatic rings. The number of aliphatic hydroxyl groups is 1. The number of hydrogen-bond acceptors (Lipinski definition) is 4. The Morgan fingerprint density at radius 1 is 1.42 bits per heavy atom. The van der Waals surface area contributed by atoms with Crippen molar-refractivity contribution in [1.82, 2.24) is 10.2 Å². The Hall–Kier alpha value is -1.04. The van der Waals surface area contributed by atoms with Crippen LogP contribution in [0.2, 0.25) is 0 Å². The molecule has 0 saturated carbocycles. The summed E-state index contributed by atoms with van der Waals surface area (Å²) in [7, 11) is 1.80. The average Bonchev–Trinajstić information content (AvgIpc) is 3.03. The van der Waals surface area contributed by atoms with Gasteiger partial charge in [-0.3, -0.25) is 4.79 Å². The summed E-state index contributed by atoms with van der Waals surface area (Å²) in [5.74, 6) is 0.850. The summed E-state index contributed by atoms with van der Waals surface area (Å²) in [6.45, 7) is 1.24. The van der Waals surface area contributed by atoms with Gasteiger partial charge in [-0.05, 0) is 11.6 Å². The lowest BCUT2D eigenvalue weighted by molar-refractivity contribution is -0.134. The van der Waals surface area contributed by atoms with E-state index in [4.69, 9.17) is 0 Å². The number of hydrogen-bond donors (Lipinski definition) is 2. The molecule has 1 aromatic rings. The van der Waals surface area contributed by atoms with Crippen molar-refractivity contribution < 1.29 is 9.90 Å². The summed E-state index contributed by atoms with van der Waals surface area (Å²) in [6, 6.07) is 7.99. The van der Waals surface area contributed by atoms with Gasteiger partial charge in [0, 0.05) is 30.8 Å². The molecule has 1 aromatic carbocycles. The molecule has 3 rings (SSSR count). The molecule has 1 fully saturated rings. The molecule has 2 aliphatic heterocycles. The zero-order chi connectivity index (χ0) is 13.4. The fourth-order valence-corrected chi connectivity index (χ4v) is 4.04. The van der Waals surface area contributed by atoms with Gasteiger partial charge in [-0.15, -0.1) is 11.8 Å². The Balaban J connectivity index is 1.78. The monoisotopic (exact) mass is 278 g/mol. The number of rotatable bonds is 2. The van der Waals surface area contributed by atoms with Gasteiger partial charge in [0.15, 0.2) is 0 Å². The van der Waals surface area contributed by atoms with E-state index in [0.29, 0.717) is 13.1 Å². The molecule has 19 heavy (non-hydrogen) atoms. The van der Waals surface area contributed by atoms with Gasteiger partial charge in [0.1, 0.15) is 0 Å². The van der Waals surface area contributed by atoms with Gasteiger partial charge in [-0.25, -0.2) is 0 Å². The second kappa shape index (κ2) is 5.15. The molecule has 1 saturated heterocycles. The molecule has 0 bridgehead atoms. The van der Waals surface area contributed by atoms with E-state index in [9.17, 15) is 9.90 Å². The van der Waals surface area contributed by atoms with Crippen LogP contribution in [0.4, 0.5) is 0 Å². The maximum absolute atomic E-state index is 12.6. The van der Waals surface area contributed by atoms with Crippen LogP contribution in [0, 0.1) is 0 Å². The molecule has 5 heteroatoms. The number of fused-ring (bicyclic) bond motifs is 1. The number of nitrogens with zero attached hydrogens (tertiary/aromatic N) is 1. The Morgan fingerprint density at radius 2 is 2.21 bits per heavy atom. The van der Waals surface area contributed by atoms with E-state index in [1.165, 1.54) is 4.90 Å². The molecular weight excluding hydrogens is 260 g/mol. The number of nitrogens with one attached hydrogen (secondary N) is 1. The fourth-order valence-electron chi connectivity index (χ4n) is 2.82. The molecule has 1 unspecified atom stereocenters. The number of likely N-dealkylation sites (N-methyl/N-ethyl adjacent to an activating group) is 1. The van der Waals surface area contributed by atoms with Crippen LogP contribution < -0.4 is 5.32 Å². The molecule has 102 valence electrons. The van der Waals surface area contributed by atoms with Crippen molar-refractivity contribution in [2.75, 3.05) is 25.9 Å². The Morgan fingerprint density at radius 3 is 2.95 bits per heavy atom. The maximum atomic E-state index is 12.6. The van der Waals surface area contributed by atoms with Crippen LogP contribution in [0.3, 0.4) is 0 Å². The van der Waals surface area contributed by atoms with Crippen molar-refractivity contribution in [2.24, 2.45) is 0 Å². The van der Waals surface area contributed by atoms with E-state index in [1.54, 1.807) is 23.7 Å². The van der Waals surface area contributed by atoms with E-state index < -0.39 is 6.10 Å². The predicted octanol–water partition coefficient (Wildman–Crippen LogP) is 0.667. The van der Waals surface area contributed by atoms with Crippen molar-refractivity contribution in [3.8, 4) is 0 Å². The molecule has 3 atom stereocenters. The van der Waals surface area contributed by atoms with Gasteiger partial charge in [0.2, 0.25) is 5.91 Å². The summed E-state index contributed by atoms with van der Waals surface area (Å²) in [4.78, 5) is 15.5. The van der Waals surface area contributed by atoms with E-state index in [2.05, 4.69) is 11.4 Å². The second-order valence-corrected chi connectivity index (χ2v) is 6.21. The van der Waals surface area contributed by atoms with Crippen LogP contribution in [-0.2, 0) is 4.79 Å². The highest BCUT2D eigenvalue weighted by Gasteiger charge is 2.37. The largest absolute Gasteiger partial charge is 0.390 e. The Bertz CT molecular complexity index is 494. The van der Waals surface area contributed by atoms with Crippen LogP contribution in [0.1, 0.15) is 11.5 Å². The predicted molar refractivity (Wildman–Crippen MR) is 75.3 cm³/mol. The topological polar surface area (TPSA) is 52.6 Å². The molecule has 2 N–H and O–H groups in total. The first kappa shape index (κ1) is 13.0. The van der Waals surface area contributed by atoms with Crippen LogP contribution in [0.5, 0.6) is 0 Å². The minimum Gasteiger partial charge on any atom is -0.390 e. The van der Waals surface area contributed by atoms with Crippen molar-refractivity contribution in [1.29, 1.82) is 0 Å². The summed E-state index contributed by atoms with van der Waals surface area (Å²) in [5.41, 5.74) is 1.13. The minimum atomic E-state index is -0.460. The van der Waals surface area contributed by atoms with Crippen LogP contribution in [0.15, 0.2) is 29.2 Å². The van der Waals surface area contributed by atoms with Gasteiger partial charge in [-0.2, -0.15) is 0 Å². The normalized spacial score (nSPS) is 29.3. The molecule has 0 radical (unpaired) electrons. The van der Waals surface area contributed by atoms with Crippen LogP contribution in [0.25, 0.3) is 0 Å². The molecular formula is C14H18N2O2S. The first-order chi connectivity index (χ1) is 9.18. The SMILES string of the molecule is CN(C(=O)C1CSc2ccccc21)[C@@H]1CNC[C@H]1O. The lowest BCUT2D eigenvalue weighted by Crippen LogP contribution is -2.46. The lowest BCUT2D eigenvalue weighted by Gasteiger charge is -2.29. The third kappa shape index (κ3) is 2.26. The highest BCUT2D eigenvalue weighted by molar-refractivity contribution is 7.99. The standard InChI is InChI=1S/C14H18N2O2S/c1-16(11-6-15-7-12(11)17)14(18)10-8-19-13-5-3-2-4-9(10)13/h2-5,10-12,15,17H,6-8H2,1H3/t10?,11-,12-/m1/s1. The Kier molecular flexibility index (Phi) is 3.52. The minimum absolute atomic E-state index is 0.0704. The maximum Gasteiger partial charge on any atom is 0.231 e. The molecule has 0 aliphatic carbocycles. The molecule has 0 aromatic heterocycles. The first-order valence-corrected chi connectivity index (χ1v) is 7.54. The van der Waals surface area contributed by atoms with Crippen LogP contribution in [-0.4, -0.2) is 53.9 Å². The number of thioether (sulfide) groups is 1. The van der Waals surface area contributed by atoms with Gasteiger partial charge >= 0.3 is 0 Å². The summed E-state index contributed by atoms with van der Waals surface area (Å²) >= 11 is 1.74. The molecule has 0 spiro atoms. The van der Waals surface area contributed by atoms with Gasteiger partial charge in [-0.1, -0.05) is 18.2 Å². The first-order valence-electron chi connectivity index (χ1n) is 6.55. The smallest absolute Gasteiger partial charge is 0.231 e. The Labute approximate surface area is 117 Å². The van der Waals surface area contributed by atoms with Crippen molar-refractivity contribution in [3.63, 3.8) is 0 Å². The zero-order valence-electron chi connectivity index (χ0n) is 10.9. The van der Waals surface area contributed by atoms with Crippen LogP contribution >= 0.6 is 11.8 Å². The van der Waals surface area contributed by atoms with Crippen molar-refractivity contribution in [2.45, 2.75) is 23.0 Å². The molecule has 4 nitrogen and oxygen atoms in total. The highest BCUT2D eigenvalue weighted by Crippen LogP contribution is 2.40. The summed E-state index contributed by atoms with van der Waals surface area (Å²) in [6.07, 6.45) is -0.460. The average molecular weight is 278 g/mol. The van der Waals surface area contributed by atoms with Gasteiger partial charge < -0.3 is 15.3 Å². The number of amides is 1. The molecule has 1 amide bonds. The number of carbonyl (C=O) groups is 1. The van der Waals surface area contributed by atoms with E-state index in [-0.39, 0.29) is 17.9 Å². The van der Waals surface area contributed by atoms with Gasteiger partial charge in [0.05, 0.1) is 18.1 Å². The van der Waals surface area contributed by atoms with E-state index >= 15 is 0 Å². The zero-order valence-corrected chi connectivity index (χ0v) is 11.7. The summed E-state index contributed by atoms with van der Waals surface area (Å²) < 4.78 is 0. The lowest BCUT2D eigenvalue weighted by atomic mass is 9.99. The number of carbonyl (C=O) groups excluding carboxylic acids is 1. The number of β-amino-alcohol motifs (C(OH)–C–C–N with tert-alkyl or cyclic N) is 1. The quantitative estimate of drug-likeness (QED) is 0.835. The van der Waals surface area contributed by atoms with Gasteiger partial charge in [0.25, 0.3) is 0 Å². The van der Waals surface area contributed by atoms with Crippen molar-refractivity contribution in [3.05, 3.63) is 29.8 Å². The molecule has 2 heterocycles. The number of aliphatic hydroxyl groups excluding tert-OH is 1. The third-order valence-corrected chi connectivity index (χ3v) is 5.18. The van der Waals surface area contributed by atoms with E-state index in [1.807, 2.05) is 18.2 Å². The third-order valence-electron chi connectivity index (χ3n) is 3.99. The van der Waals surface area contributed by atoms with Crippen molar-refractivity contribution >= 4 is 17.7 Å². The number of benzene rings is 1.